The van der Waals surface area contributed by atoms with Gasteiger partial charge in [-0.15, -0.1) is 11.3 Å². The second-order valence-electron chi connectivity index (χ2n) is 4.28. The van der Waals surface area contributed by atoms with Gasteiger partial charge in [-0.3, -0.25) is 9.00 Å². The molecule has 0 radical (unpaired) electrons. The third-order valence-electron chi connectivity index (χ3n) is 2.71. The maximum Gasteiger partial charge on any atom is 0.261 e. The second-order valence-corrected chi connectivity index (χ2v) is 7.48. The van der Waals surface area contributed by atoms with Crippen molar-refractivity contribution >= 4 is 39.6 Å². The molecule has 0 unspecified atom stereocenters. The molecule has 0 saturated heterocycles. The van der Waals surface area contributed by atoms with Crippen LogP contribution >= 0.6 is 22.9 Å². The molecule has 2 atom stereocenters. The van der Waals surface area contributed by atoms with Crippen LogP contribution in [0.2, 0.25) is 4.34 Å². The molecule has 1 aromatic carbocycles. The summed E-state index contributed by atoms with van der Waals surface area (Å²) in [5.41, 5.74) is 0.943. The van der Waals surface area contributed by atoms with E-state index in [1.165, 1.54) is 11.3 Å². The molecular weight excluding hydrogens is 314 g/mol. The molecule has 2 aromatic rings. The largest absolute Gasteiger partial charge is 0.344 e. The molecule has 1 aromatic heterocycles. The highest BCUT2D eigenvalue weighted by Gasteiger charge is 2.18. The Labute approximate surface area is 129 Å². The third-order valence-corrected chi connectivity index (χ3v) is 4.74. The van der Waals surface area contributed by atoms with Gasteiger partial charge in [0.05, 0.1) is 15.3 Å². The normalized spacial score (nSPS) is 13.7. The molecule has 0 aliphatic heterocycles. The van der Waals surface area contributed by atoms with Gasteiger partial charge in [0.25, 0.3) is 5.91 Å². The average molecular weight is 328 g/mol. The fourth-order valence-electron chi connectivity index (χ4n) is 1.81. The van der Waals surface area contributed by atoms with Crippen molar-refractivity contribution in [3.63, 3.8) is 0 Å². The molecular formula is C14H14ClNO2S2. The molecule has 0 spiro atoms. The van der Waals surface area contributed by atoms with Gasteiger partial charge in [-0.2, -0.15) is 0 Å². The highest BCUT2D eigenvalue weighted by Crippen LogP contribution is 2.22. The van der Waals surface area contributed by atoms with Gasteiger partial charge >= 0.3 is 0 Å². The van der Waals surface area contributed by atoms with E-state index in [0.29, 0.717) is 15.0 Å². The SMILES string of the molecule is C[S@@](=O)C[C@@H](NC(=O)c1ccc(Cl)s1)c1ccccc1. The van der Waals surface area contributed by atoms with Crippen molar-refractivity contribution < 1.29 is 9.00 Å². The van der Waals surface area contributed by atoms with E-state index < -0.39 is 10.8 Å². The summed E-state index contributed by atoms with van der Waals surface area (Å²) in [6.45, 7) is 0. The number of nitrogens with one attached hydrogen (secondary N) is 1. The third kappa shape index (κ3) is 4.16. The number of carbonyl (C=O) groups is 1. The van der Waals surface area contributed by atoms with Gasteiger partial charge in [-0.05, 0) is 17.7 Å². The molecule has 3 nitrogen and oxygen atoms in total. The van der Waals surface area contributed by atoms with E-state index in [1.807, 2.05) is 30.3 Å². The molecule has 0 saturated carbocycles. The van der Waals surface area contributed by atoms with E-state index in [2.05, 4.69) is 5.32 Å². The Morgan fingerprint density at radius 1 is 1.30 bits per heavy atom. The minimum atomic E-state index is -1.00. The summed E-state index contributed by atoms with van der Waals surface area (Å²) in [5.74, 6) is 0.190. The molecule has 1 N–H and O–H groups in total. The first-order valence-corrected chi connectivity index (χ1v) is 8.89. The summed E-state index contributed by atoms with van der Waals surface area (Å²) in [6.07, 6.45) is 1.63. The zero-order valence-electron chi connectivity index (χ0n) is 10.8. The fourth-order valence-corrected chi connectivity index (χ4v) is 3.50. The molecule has 1 amide bonds. The summed E-state index contributed by atoms with van der Waals surface area (Å²) < 4.78 is 12.1. The number of hydrogen-bond donors (Lipinski definition) is 1. The summed E-state index contributed by atoms with van der Waals surface area (Å²) in [4.78, 5) is 12.7. The van der Waals surface area contributed by atoms with E-state index in [-0.39, 0.29) is 11.9 Å². The standard InChI is InChI=1S/C14H14ClNO2S2/c1-20(18)9-11(10-5-3-2-4-6-10)16-14(17)12-7-8-13(15)19-12/h2-8,11H,9H2,1H3,(H,16,17)/t11-,20-/m1/s1. The molecule has 106 valence electrons. The number of halogens is 1. The van der Waals surface area contributed by atoms with Crippen molar-refractivity contribution in [1.82, 2.24) is 5.32 Å². The van der Waals surface area contributed by atoms with Crippen molar-refractivity contribution in [2.24, 2.45) is 0 Å². The van der Waals surface area contributed by atoms with Crippen molar-refractivity contribution in [1.29, 1.82) is 0 Å². The van der Waals surface area contributed by atoms with E-state index in [4.69, 9.17) is 11.6 Å². The Kier molecular flexibility index (Phi) is 5.34. The monoisotopic (exact) mass is 327 g/mol. The van der Waals surface area contributed by atoms with Crippen LogP contribution in [-0.2, 0) is 10.8 Å². The highest BCUT2D eigenvalue weighted by molar-refractivity contribution is 7.84. The Bertz CT molecular complexity index is 613. The number of carbonyl (C=O) groups excluding carboxylic acids is 1. The van der Waals surface area contributed by atoms with Crippen molar-refractivity contribution in [3.8, 4) is 0 Å². The molecule has 0 aliphatic carbocycles. The van der Waals surface area contributed by atoms with Crippen LogP contribution in [0.3, 0.4) is 0 Å². The summed E-state index contributed by atoms with van der Waals surface area (Å²) >= 11 is 7.06. The molecule has 0 aliphatic rings. The zero-order valence-corrected chi connectivity index (χ0v) is 13.2. The van der Waals surface area contributed by atoms with E-state index in [0.717, 1.165) is 5.56 Å². The van der Waals surface area contributed by atoms with E-state index >= 15 is 0 Å². The fraction of sp³-hybridized carbons (Fsp3) is 0.214. The first kappa shape index (κ1) is 15.2. The number of thiophene rings is 1. The molecule has 1 heterocycles. The van der Waals surface area contributed by atoms with Crippen LogP contribution in [-0.4, -0.2) is 22.1 Å². The van der Waals surface area contributed by atoms with Gasteiger partial charge in [0.1, 0.15) is 0 Å². The molecule has 2 rings (SSSR count). The summed E-state index contributed by atoms with van der Waals surface area (Å²) in [5, 5.41) is 2.91. The maximum absolute atomic E-state index is 12.2. The predicted octanol–water partition coefficient (Wildman–Crippen LogP) is 3.25. The topological polar surface area (TPSA) is 46.2 Å². The molecule has 0 fully saturated rings. The lowest BCUT2D eigenvalue weighted by molar-refractivity contribution is 0.0944. The van der Waals surface area contributed by atoms with Gasteiger partial charge in [0.2, 0.25) is 0 Å². The van der Waals surface area contributed by atoms with Crippen LogP contribution in [0, 0.1) is 0 Å². The number of hydrogen-bond acceptors (Lipinski definition) is 3. The van der Waals surface area contributed by atoms with E-state index in [1.54, 1.807) is 18.4 Å². The lowest BCUT2D eigenvalue weighted by Crippen LogP contribution is -2.31. The van der Waals surface area contributed by atoms with Crippen LogP contribution in [0.15, 0.2) is 42.5 Å². The Hall–Kier alpha value is -1.17. The molecule has 20 heavy (non-hydrogen) atoms. The van der Waals surface area contributed by atoms with Crippen LogP contribution in [0.4, 0.5) is 0 Å². The Morgan fingerprint density at radius 2 is 2.00 bits per heavy atom. The van der Waals surface area contributed by atoms with Crippen LogP contribution in [0.1, 0.15) is 21.3 Å². The number of benzene rings is 1. The highest BCUT2D eigenvalue weighted by atomic mass is 35.5. The minimum absolute atomic E-state index is 0.193. The van der Waals surface area contributed by atoms with Crippen molar-refractivity contribution in [2.75, 3.05) is 12.0 Å². The predicted molar refractivity (Wildman–Crippen MR) is 84.9 cm³/mol. The van der Waals surface area contributed by atoms with Gasteiger partial charge in [-0.1, -0.05) is 41.9 Å². The molecule has 6 heteroatoms. The number of rotatable bonds is 5. The number of amides is 1. The lowest BCUT2D eigenvalue weighted by Gasteiger charge is -2.17. The lowest BCUT2D eigenvalue weighted by atomic mass is 10.1. The molecule has 0 bridgehead atoms. The average Bonchev–Trinajstić information content (AvgIpc) is 2.85. The zero-order chi connectivity index (χ0) is 14.5. The summed E-state index contributed by atoms with van der Waals surface area (Å²) in [6, 6.07) is 12.6. The Morgan fingerprint density at radius 3 is 2.55 bits per heavy atom. The van der Waals surface area contributed by atoms with Crippen LogP contribution < -0.4 is 5.32 Å². The van der Waals surface area contributed by atoms with Gasteiger partial charge in [-0.25, -0.2) is 0 Å². The van der Waals surface area contributed by atoms with Gasteiger partial charge < -0.3 is 5.32 Å². The smallest absolute Gasteiger partial charge is 0.261 e. The first-order chi connectivity index (χ1) is 9.56. The Balaban J connectivity index is 2.16. The van der Waals surface area contributed by atoms with Crippen LogP contribution in [0.5, 0.6) is 0 Å². The first-order valence-electron chi connectivity index (χ1n) is 5.97. The maximum atomic E-state index is 12.2. The van der Waals surface area contributed by atoms with Gasteiger partial charge in [0.15, 0.2) is 0 Å². The van der Waals surface area contributed by atoms with E-state index in [9.17, 15) is 9.00 Å². The quantitative estimate of drug-likeness (QED) is 0.916. The van der Waals surface area contributed by atoms with Crippen molar-refractivity contribution in [3.05, 3.63) is 57.2 Å². The van der Waals surface area contributed by atoms with Crippen molar-refractivity contribution in [2.45, 2.75) is 6.04 Å². The minimum Gasteiger partial charge on any atom is -0.344 e. The summed E-state index contributed by atoms with van der Waals surface area (Å²) in [7, 11) is -1.00. The van der Waals surface area contributed by atoms with Crippen LogP contribution in [0.25, 0.3) is 0 Å². The van der Waals surface area contributed by atoms with Gasteiger partial charge in [0, 0.05) is 22.8 Å². The second kappa shape index (κ2) is 7.02.